The topological polar surface area (TPSA) is 89.0 Å². The fourth-order valence-corrected chi connectivity index (χ4v) is 2.58. The first-order chi connectivity index (χ1) is 13.0. The molecule has 1 amide bonds. The van der Waals surface area contributed by atoms with Crippen LogP contribution in [0.5, 0.6) is 5.75 Å². The first kappa shape index (κ1) is 18.3. The fraction of sp³-hybridized carbons (Fsp3) is 0.200. The second-order valence-corrected chi connectivity index (χ2v) is 6.05. The second kappa shape index (κ2) is 8.27. The van der Waals surface area contributed by atoms with Gasteiger partial charge in [0.05, 0.1) is 12.8 Å². The molecule has 3 aromatic rings. The van der Waals surface area contributed by atoms with Gasteiger partial charge in [0.15, 0.2) is 0 Å². The highest BCUT2D eigenvalue weighted by molar-refractivity contribution is 5.93. The summed E-state index contributed by atoms with van der Waals surface area (Å²) in [5.74, 6) is 1.46. The number of amides is 1. The van der Waals surface area contributed by atoms with Gasteiger partial charge >= 0.3 is 0 Å². The molecule has 2 N–H and O–H groups in total. The van der Waals surface area contributed by atoms with Crippen molar-refractivity contribution >= 4 is 17.4 Å². The van der Waals surface area contributed by atoms with E-state index in [1.807, 2.05) is 37.3 Å². The Balaban J connectivity index is 1.78. The number of pyridine rings is 1. The van der Waals surface area contributed by atoms with Gasteiger partial charge in [-0.3, -0.25) is 9.78 Å². The first-order valence-electron chi connectivity index (χ1n) is 8.49. The van der Waals surface area contributed by atoms with Gasteiger partial charge in [-0.05, 0) is 49.2 Å². The summed E-state index contributed by atoms with van der Waals surface area (Å²) in [4.78, 5) is 25.1. The van der Waals surface area contributed by atoms with Crippen LogP contribution in [0.2, 0.25) is 0 Å². The SMILES string of the molecule is COc1ccc(C)cc1Nc1cc(C(=O)NCc2ccncc2)nc(C)n1. The molecule has 7 heteroatoms. The van der Waals surface area contributed by atoms with Crippen LogP contribution in [0.3, 0.4) is 0 Å². The molecule has 3 rings (SSSR count). The quantitative estimate of drug-likeness (QED) is 0.699. The normalized spacial score (nSPS) is 10.3. The van der Waals surface area contributed by atoms with Crippen molar-refractivity contribution in [2.75, 3.05) is 12.4 Å². The predicted molar refractivity (Wildman–Crippen MR) is 103 cm³/mol. The zero-order valence-electron chi connectivity index (χ0n) is 15.5. The number of benzene rings is 1. The summed E-state index contributed by atoms with van der Waals surface area (Å²) in [6.45, 7) is 4.14. The van der Waals surface area contributed by atoms with Crippen LogP contribution in [0.25, 0.3) is 0 Å². The number of hydrogen-bond acceptors (Lipinski definition) is 6. The van der Waals surface area contributed by atoms with Gasteiger partial charge in [-0.25, -0.2) is 9.97 Å². The molecule has 0 aliphatic heterocycles. The molecule has 0 atom stereocenters. The molecule has 2 heterocycles. The second-order valence-electron chi connectivity index (χ2n) is 6.05. The lowest BCUT2D eigenvalue weighted by molar-refractivity contribution is 0.0945. The largest absolute Gasteiger partial charge is 0.495 e. The monoisotopic (exact) mass is 363 g/mol. The Kier molecular flexibility index (Phi) is 5.61. The zero-order chi connectivity index (χ0) is 19.2. The van der Waals surface area contributed by atoms with Gasteiger partial charge in [-0.1, -0.05) is 6.07 Å². The van der Waals surface area contributed by atoms with Gasteiger partial charge in [0.25, 0.3) is 5.91 Å². The maximum absolute atomic E-state index is 12.5. The Morgan fingerprint density at radius 3 is 2.59 bits per heavy atom. The lowest BCUT2D eigenvalue weighted by atomic mass is 10.2. The van der Waals surface area contributed by atoms with Crippen molar-refractivity contribution in [1.29, 1.82) is 0 Å². The Bertz CT molecular complexity index is 944. The number of nitrogens with one attached hydrogen (secondary N) is 2. The molecule has 0 saturated carbocycles. The van der Waals surface area contributed by atoms with E-state index in [9.17, 15) is 4.79 Å². The molecule has 138 valence electrons. The zero-order valence-corrected chi connectivity index (χ0v) is 15.5. The number of nitrogens with zero attached hydrogens (tertiary/aromatic N) is 3. The molecule has 0 aliphatic carbocycles. The van der Waals surface area contributed by atoms with Crippen LogP contribution >= 0.6 is 0 Å². The van der Waals surface area contributed by atoms with Gasteiger partial charge in [0, 0.05) is 25.0 Å². The summed E-state index contributed by atoms with van der Waals surface area (Å²) in [5, 5.41) is 6.07. The Labute approximate surface area is 157 Å². The Hall–Kier alpha value is -3.48. The van der Waals surface area contributed by atoms with Gasteiger partial charge in [-0.2, -0.15) is 0 Å². The molecule has 0 fully saturated rings. The van der Waals surface area contributed by atoms with Crippen molar-refractivity contribution in [3.8, 4) is 5.75 Å². The van der Waals surface area contributed by atoms with Gasteiger partial charge in [-0.15, -0.1) is 0 Å². The maximum atomic E-state index is 12.5. The van der Waals surface area contributed by atoms with E-state index in [1.54, 1.807) is 32.5 Å². The number of carbonyl (C=O) groups excluding carboxylic acids is 1. The van der Waals surface area contributed by atoms with Crippen molar-refractivity contribution in [3.63, 3.8) is 0 Å². The van der Waals surface area contributed by atoms with Crippen LogP contribution < -0.4 is 15.4 Å². The van der Waals surface area contributed by atoms with Crippen molar-refractivity contribution in [1.82, 2.24) is 20.3 Å². The summed E-state index contributed by atoms with van der Waals surface area (Å²) >= 11 is 0. The van der Waals surface area contributed by atoms with E-state index in [-0.39, 0.29) is 5.91 Å². The van der Waals surface area contributed by atoms with Crippen LogP contribution in [-0.2, 0) is 6.54 Å². The average molecular weight is 363 g/mol. The van der Waals surface area contributed by atoms with Gasteiger partial charge in [0.2, 0.25) is 0 Å². The van der Waals surface area contributed by atoms with Gasteiger partial charge in [0.1, 0.15) is 23.1 Å². The molecule has 0 bridgehead atoms. The van der Waals surface area contributed by atoms with Crippen LogP contribution in [0.15, 0.2) is 48.8 Å². The summed E-state index contributed by atoms with van der Waals surface area (Å²) in [6, 6.07) is 11.1. The molecule has 2 aromatic heterocycles. The molecular formula is C20H21N5O2. The third kappa shape index (κ3) is 4.78. The van der Waals surface area contributed by atoms with Crippen molar-refractivity contribution in [2.45, 2.75) is 20.4 Å². The van der Waals surface area contributed by atoms with Crippen molar-refractivity contribution in [3.05, 3.63) is 71.4 Å². The van der Waals surface area contributed by atoms with Crippen LogP contribution in [0.1, 0.15) is 27.4 Å². The Morgan fingerprint density at radius 2 is 1.85 bits per heavy atom. The van der Waals surface area contributed by atoms with Gasteiger partial charge < -0.3 is 15.4 Å². The Morgan fingerprint density at radius 1 is 1.07 bits per heavy atom. The highest BCUT2D eigenvalue weighted by Gasteiger charge is 2.12. The van der Waals surface area contributed by atoms with Crippen LogP contribution in [-0.4, -0.2) is 28.0 Å². The predicted octanol–water partition coefficient (Wildman–Crippen LogP) is 3.17. The van der Waals surface area contributed by atoms with Crippen LogP contribution in [0.4, 0.5) is 11.5 Å². The fourth-order valence-electron chi connectivity index (χ4n) is 2.58. The summed E-state index contributed by atoms with van der Waals surface area (Å²) < 4.78 is 5.38. The number of rotatable bonds is 6. The number of aromatic nitrogens is 3. The molecule has 1 aromatic carbocycles. The number of hydrogen-bond donors (Lipinski definition) is 2. The summed E-state index contributed by atoms with van der Waals surface area (Å²) in [6.07, 6.45) is 3.38. The first-order valence-corrected chi connectivity index (χ1v) is 8.49. The minimum Gasteiger partial charge on any atom is -0.495 e. The third-order valence-corrected chi connectivity index (χ3v) is 3.89. The van der Waals surface area contributed by atoms with Crippen molar-refractivity contribution < 1.29 is 9.53 Å². The van der Waals surface area contributed by atoms with E-state index < -0.39 is 0 Å². The number of aryl methyl sites for hydroxylation is 2. The molecule has 27 heavy (non-hydrogen) atoms. The molecule has 0 saturated heterocycles. The molecule has 0 aliphatic rings. The molecule has 7 nitrogen and oxygen atoms in total. The smallest absolute Gasteiger partial charge is 0.270 e. The number of ether oxygens (including phenoxy) is 1. The molecule has 0 unspecified atom stereocenters. The van der Waals surface area contributed by atoms with E-state index in [1.165, 1.54) is 0 Å². The maximum Gasteiger partial charge on any atom is 0.270 e. The third-order valence-electron chi connectivity index (χ3n) is 3.89. The number of methoxy groups -OCH3 is 1. The molecule has 0 radical (unpaired) electrons. The minimum absolute atomic E-state index is 0.267. The highest BCUT2D eigenvalue weighted by atomic mass is 16.5. The highest BCUT2D eigenvalue weighted by Crippen LogP contribution is 2.28. The van der Waals surface area contributed by atoms with Crippen LogP contribution in [0, 0.1) is 13.8 Å². The number of anilines is 2. The summed E-state index contributed by atoms with van der Waals surface area (Å²) in [7, 11) is 1.61. The summed E-state index contributed by atoms with van der Waals surface area (Å²) in [5.41, 5.74) is 3.12. The van der Waals surface area contributed by atoms with E-state index >= 15 is 0 Å². The number of carbonyl (C=O) groups is 1. The van der Waals surface area contributed by atoms with Crippen molar-refractivity contribution in [2.24, 2.45) is 0 Å². The van der Waals surface area contributed by atoms with E-state index in [0.29, 0.717) is 29.6 Å². The van der Waals surface area contributed by atoms with E-state index in [4.69, 9.17) is 4.74 Å². The molecular weight excluding hydrogens is 342 g/mol. The van der Waals surface area contributed by atoms with E-state index in [0.717, 1.165) is 16.8 Å². The van der Waals surface area contributed by atoms with E-state index in [2.05, 4.69) is 25.6 Å². The standard InChI is InChI=1S/C20H21N5O2/c1-13-4-5-18(27-3)16(10-13)25-19-11-17(23-14(2)24-19)20(26)22-12-15-6-8-21-9-7-15/h4-11H,12H2,1-3H3,(H,22,26)(H,23,24,25). The minimum atomic E-state index is -0.267. The molecule has 0 spiro atoms. The lowest BCUT2D eigenvalue weighted by Crippen LogP contribution is -2.24. The lowest BCUT2D eigenvalue weighted by Gasteiger charge is -2.13. The average Bonchev–Trinajstić information content (AvgIpc) is 2.66.